The van der Waals surface area contributed by atoms with Gasteiger partial charge < -0.3 is 15.4 Å². The van der Waals surface area contributed by atoms with Crippen LogP contribution in [0.2, 0.25) is 0 Å². The number of aromatic nitrogens is 3. The molecule has 2 N–H and O–H groups in total. The van der Waals surface area contributed by atoms with E-state index in [4.69, 9.17) is 14.8 Å². The van der Waals surface area contributed by atoms with Crippen molar-refractivity contribution < 1.29 is 9.53 Å². The lowest BCUT2D eigenvalue weighted by Crippen LogP contribution is -2.31. The summed E-state index contributed by atoms with van der Waals surface area (Å²) in [7, 11) is 0. The van der Waals surface area contributed by atoms with Crippen LogP contribution in [0.15, 0.2) is 120 Å². The van der Waals surface area contributed by atoms with Crippen LogP contribution < -0.4 is 15.4 Å². The van der Waals surface area contributed by atoms with Gasteiger partial charge in [0.05, 0.1) is 5.57 Å². The molecule has 2 heterocycles. The van der Waals surface area contributed by atoms with Gasteiger partial charge in [0.25, 0.3) is 5.91 Å². The smallest absolute Gasteiger partial charge is 0.255 e. The van der Waals surface area contributed by atoms with E-state index in [1.807, 2.05) is 97.4 Å². The quantitative estimate of drug-likeness (QED) is 0.172. The molecule has 0 saturated carbocycles. The van der Waals surface area contributed by atoms with Crippen molar-refractivity contribution >= 4 is 29.3 Å². The van der Waals surface area contributed by atoms with Crippen LogP contribution in [0.4, 0.5) is 11.6 Å². The number of carbonyl (C=O) groups is 1. The van der Waals surface area contributed by atoms with Crippen molar-refractivity contribution in [2.24, 2.45) is 0 Å². The number of rotatable bonds is 9. The third-order valence-corrected chi connectivity index (χ3v) is 8.32. The first-order valence-corrected chi connectivity index (χ1v) is 15.2. The highest BCUT2D eigenvalue weighted by molar-refractivity contribution is 7.98. The maximum absolute atomic E-state index is 13.9. The summed E-state index contributed by atoms with van der Waals surface area (Å²) in [5.74, 6) is 1.91. The van der Waals surface area contributed by atoms with Gasteiger partial charge in [-0.15, -0.1) is 5.10 Å². The Bertz CT molecular complexity index is 1780. The molecule has 1 aliphatic rings. The van der Waals surface area contributed by atoms with Crippen LogP contribution in [0, 0.1) is 13.8 Å². The highest BCUT2D eigenvalue weighted by atomic mass is 32.2. The lowest BCUT2D eigenvalue weighted by atomic mass is 9.95. The molecule has 0 spiro atoms. The van der Waals surface area contributed by atoms with Gasteiger partial charge in [-0.05, 0) is 72.9 Å². The lowest BCUT2D eigenvalue weighted by molar-refractivity contribution is -0.113. The molecule has 1 aromatic heterocycles. The minimum atomic E-state index is -0.481. The molecule has 43 heavy (non-hydrogen) atoms. The molecule has 216 valence electrons. The second-order valence-corrected chi connectivity index (χ2v) is 11.6. The van der Waals surface area contributed by atoms with E-state index in [1.165, 1.54) is 11.1 Å². The van der Waals surface area contributed by atoms with Crippen LogP contribution in [0.3, 0.4) is 0 Å². The summed E-state index contributed by atoms with van der Waals surface area (Å²) in [6.45, 7) is 6.48. The van der Waals surface area contributed by atoms with Crippen LogP contribution in [0.5, 0.6) is 5.75 Å². The number of thioether (sulfide) groups is 1. The molecule has 0 fully saturated rings. The molecule has 5 aromatic rings. The highest BCUT2D eigenvalue weighted by Gasteiger charge is 2.34. The Kier molecular flexibility index (Phi) is 8.29. The predicted octanol–water partition coefficient (Wildman–Crippen LogP) is 7.69. The fraction of sp³-hybridized carbons (Fsp3) is 0.171. The number of hydrogen-bond acceptors (Lipinski definition) is 6. The average molecular weight is 588 g/mol. The number of hydrogen-bond donors (Lipinski definition) is 2. The van der Waals surface area contributed by atoms with E-state index in [2.05, 4.69) is 41.8 Å². The monoisotopic (exact) mass is 587 g/mol. The molecule has 1 atom stereocenters. The number of carbonyl (C=O) groups excluding carboxylic acids is 1. The third kappa shape index (κ3) is 6.49. The van der Waals surface area contributed by atoms with Crippen molar-refractivity contribution in [2.45, 2.75) is 44.3 Å². The molecule has 1 amide bonds. The van der Waals surface area contributed by atoms with Crippen molar-refractivity contribution in [3.63, 3.8) is 0 Å². The van der Waals surface area contributed by atoms with E-state index in [-0.39, 0.29) is 5.91 Å². The average Bonchev–Trinajstić information content (AvgIpc) is 3.42. The minimum Gasteiger partial charge on any atom is -0.489 e. The first kappa shape index (κ1) is 28.3. The Morgan fingerprint density at radius 1 is 0.930 bits per heavy atom. The number of ether oxygens (including phenoxy) is 1. The van der Waals surface area contributed by atoms with Crippen LogP contribution in [-0.4, -0.2) is 20.7 Å². The Morgan fingerprint density at radius 2 is 1.70 bits per heavy atom. The Hall–Kier alpha value is -4.82. The number of benzene rings is 4. The van der Waals surface area contributed by atoms with Gasteiger partial charge in [-0.3, -0.25) is 4.79 Å². The van der Waals surface area contributed by atoms with E-state index in [0.29, 0.717) is 23.3 Å². The number of nitrogens with one attached hydrogen (secondary N) is 2. The van der Waals surface area contributed by atoms with Crippen LogP contribution in [0.25, 0.3) is 0 Å². The van der Waals surface area contributed by atoms with Crippen molar-refractivity contribution in [3.05, 3.63) is 142 Å². The Morgan fingerprint density at radius 3 is 2.47 bits per heavy atom. The SMILES string of the molecule is CC1=C(C(=O)Nc2cccc(C)c2)C(c2ccc(OCc3ccccc3C)cc2)n2nc(SCc3ccccc3)nc2N1. The summed E-state index contributed by atoms with van der Waals surface area (Å²) >= 11 is 1.57. The van der Waals surface area contributed by atoms with E-state index < -0.39 is 6.04 Å². The highest BCUT2D eigenvalue weighted by Crippen LogP contribution is 2.37. The molecular formula is C35H33N5O2S. The van der Waals surface area contributed by atoms with Gasteiger partial charge in [0.2, 0.25) is 11.1 Å². The summed E-state index contributed by atoms with van der Waals surface area (Å²) in [6, 6.07) is 33.6. The van der Waals surface area contributed by atoms with Gasteiger partial charge in [0.1, 0.15) is 18.4 Å². The molecule has 6 rings (SSSR count). The molecule has 1 unspecified atom stereocenters. The zero-order chi connectivity index (χ0) is 29.8. The number of anilines is 2. The Balaban J connectivity index is 1.30. The number of amides is 1. The molecule has 0 bridgehead atoms. The number of allylic oxidation sites excluding steroid dienone is 1. The van der Waals surface area contributed by atoms with Crippen LogP contribution in [-0.2, 0) is 17.2 Å². The fourth-order valence-corrected chi connectivity index (χ4v) is 5.90. The van der Waals surface area contributed by atoms with Crippen molar-refractivity contribution in [1.82, 2.24) is 14.8 Å². The van der Waals surface area contributed by atoms with Crippen LogP contribution in [0.1, 0.15) is 40.8 Å². The molecule has 0 saturated heterocycles. The Labute approximate surface area is 256 Å². The normalized spacial score (nSPS) is 14.2. The summed E-state index contributed by atoms with van der Waals surface area (Å²) in [5, 5.41) is 11.9. The maximum atomic E-state index is 13.9. The van der Waals surface area contributed by atoms with Gasteiger partial charge in [-0.2, -0.15) is 4.98 Å². The summed E-state index contributed by atoms with van der Waals surface area (Å²) in [4.78, 5) is 18.6. The maximum Gasteiger partial charge on any atom is 0.255 e. The number of nitrogens with zero attached hydrogens (tertiary/aromatic N) is 3. The molecule has 0 aliphatic carbocycles. The molecular weight excluding hydrogens is 554 g/mol. The van der Waals surface area contributed by atoms with Crippen molar-refractivity contribution in [2.75, 3.05) is 10.6 Å². The van der Waals surface area contributed by atoms with E-state index in [9.17, 15) is 4.79 Å². The topological polar surface area (TPSA) is 81.1 Å². The summed E-state index contributed by atoms with van der Waals surface area (Å²) in [5.41, 5.74) is 7.56. The molecule has 0 radical (unpaired) electrons. The molecule has 1 aliphatic heterocycles. The standard InChI is InChI=1S/C35H33N5O2S/c1-23-10-9-15-29(20-23)37-33(41)31-25(3)36-34-38-35(43-22-26-12-5-4-6-13-26)39-40(34)32(31)27-16-18-30(19-17-27)42-21-28-14-8-7-11-24(28)2/h4-20,32H,21-22H2,1-3H3,(H,37,41)(H,36,38,39). The van der Waals surface area contributed by atoms with Crippen molar-refractivity contribution in [1.29, 1.82) is 0 Å². The molecule has 8 heteroatoms. The zero-order valence-electron chi connectivity index (χ0n) is 24.4. The van der Waals surface area contributed by atoms with Gasteiger partial charge in [-0.1, -0.05) is 90.6 Å². The van der Waals surface area contributed by atoms with E-state index in [1.54, 1.807) is 11.8 Å². The van der Waals surface area contributed by atoms with Crippen molar-refractivity contribution in [3.8, 4) is 5.75 Å². The van der Waals surface area contributed by atoms with E-state index >= 15 is 0 Å². The second kappa shape index (κ2) is 12.6. The third-order valence-electron chi connectivity index (χ3n) is 7.42. The fourth-order valence-electron chi connectivity index (χ4n) is 5.12. The molecule has 7 nitrogen and oxygen atoms in total. The molecule has 4 aromatic carbocycles. The van der Waals surface area contributed by atoms with Crippen LogP contribution >= 0.6 is 11.8 Å². The van der Waals surface area contributed by atoms with E-state index in [0.717, 1.165) is 39.6 Å². The van der Waals surface area contributed by atoms with Gasteiger partial charge in [-0.25, -0.2) is 4.68 Å². The number of fused-ring (bicyclic) bond motifs is 1. The second-order valence-electron chi connectivity index (χ2n) is 10.6. The van der Waals surface area contributed by atoms with Gasteiger partial charge in [0, 0.05) is 17.1 Å². The largest absolute Gasteiger partial charge is 0.489 e. The number of aryl methyl sites for hydroxylation is 2. The van der Waals surface area contributed by atoms with Gasteiger partial charge in [0.15, 0.2) is 0 Å². The zero-order valence-corrected chi connectivity index (χ0v) is 25.2. The lowest BCUT2D eigenvalue weighted by Gasteiger charge is -2.28. The first-order valence-electron chi connectivity index (χ1n) is 14.2. The summed E-state index contributed by atoms with van der Waals surface area (Å²) in [6.07, 6.45) is 0. The predicted molar refractivity (Wildman–Crippen MR) is 172 cm³/mol. The minimum absolute atomic E-state index is 0.194. The van der Waals surface area contributed by atoms with Gasteiger partial charge >= 0.3 is 0 Å². The summed E-state index contributed by atoms with van der Waals surface area (Å²) < 4.78 is 7.92. The first-order chi connectivity index (χ1) is 20.9.